The lowest BCUT2D eigenvalue weighted by atomic mass is 10.2. The molecule has 1 aromatic carbocycles. The standard InChI is InChI=1S/C15H20N4O4.ClH/c20-15(12-11-23-10-5-16-12)18-8-6-17(7-9-18)13-3-1-2-4-14(13)19(21)22;/h1-4,12,16H,5-11H2;1H. The number of piperazine rings is 1. The number of nitrogens with one attached hydrogen (secondary N) is 1. The highest BCUT2D eigenvalue weighted by molar-refractivity contribution is 5.85. The molecule has 2 aliphatic heterocycles. The van der Waals surface area contributed by atoms with Gasteiger partial charge in [0, 0.05) is 38.8 Å². The largest absolute Gasteiger partial charge is 0.378 e. The average molecular weight is 357 g/mol. The fourth-order valence-electron chi connectivity index (χ4n) is 3.00. The van der Waals surface area contributed by atoms with Gasteiger partial charge in [0.2, 0.25) is 5.91 Å². The smallest absolute Gasteiger partial charge is 0.292 e. The number of benzene rings is 1. The highest BCUT2D eigenvalue weighted by atomic mass is 35.5. The second-order valence-corrected chi connectivity index (χ2v) is 5.64. The van der Waals surface area contributed by atoms with E-state index >= 15 is 0 Å². The van der Waals surface area contributed by atoms with E-state index in [4.69, 9.17) is 4.74 Å². The van der Waals surface area contributed by atoms with Crippen molar-refractivity contribution in [2.45, 2.75) is 6.04 Å². The van der Waals surface area contributed by atoms with Crippen LogP contribution >= 0.6 is 12.4 Å². The maximum Gasteiger partial charge on any atom is 0.292 e. The fourth-order valence-corrected chi connectivity index (χ4v) is 3.00. The first kappa shape index (κ1) is 18.4. The lowest BCUT2D eigenvalue weighted by molar-refractivity contribution is -0.384. The second kappa shape index (κ2) is 8.27. The van der Waals surface area contributed by atoms with Crippen LogP contribution in [0, 0.1) is 10.1 Å². The molecule has 9 heteroatoms. The first-order chi connectivity index (χ1) is 11.2. The lowest BCUT2D eigenvalue weighted by Crippen LogP contribution is -2.57. The number of anilines is 1. The van der Waals surface area contributed by atoms with E-state index in [9.17, 15) is 14.9 Å². The molecule has 2 fully saturated rings. The van der Waals surface area contributed by atoms with Gasteiger partial charge in [-0.05, 0) is 6.07 Å². The summed E-state index contributed by atoms with van der Waals surface area (Å²) in [6.45, 7) is 4.02. The van der Waals surface area contributed by atoms with Crippen molar-refractivity contribution < 1.29 is 14.5 Å². The van der Waals surface area contributed by atoms with Gasteiger partial charge in [-0.15, -0.1) is 12.4 Å². The predicted octanol–water partition coefficient (Wildman–Crippen LogP) is 0.654. The quantitative estimate of drug-likeness (QED) is 0.632. The maximum atomic E-state index is 12.4. The van der Waals surface area contributed by atoms with E-state index in [0.717, 1.165) is 0 Å². The third-order valence-corrected chi connectivity index (χ3v) is 4.23. The van der Waals surface area contributed by atoms with Crippen molar-refractivity contribution in [2.75, 3.05) is 50.8 Å². The molecule has 1 N–H and O–H groups in total. The molecule has 1 amide bonds. The van der Waals surface area contributed by atoms with Crippen LogP contribution in [0.5, 0.6) is 0 Å². The Hall–Kier alpha value is -1.90. The molecule has 1 aromatic rings. The number of nitro benzene ring substituents is 1. The van der Waals surface area contributed by atoms with E-state index in [-0.39, 0.29) is 35.0 Å². The number of ether oxygens (including phenoxy) is 1. The van der Waals surface area contributed by atoms with Gasteiger partial charge in [0.15, 0.2) is 0 Å². The molecule has 1 atom stereocenters. The third kappa shape index (κ3) is 3.95. The Kier molecular flexibility index (Phi) is 6.36. The number of carbonyl (C=O) groups excluding carboxylic acids is 1. The third-order valence-electron chi connectivity index (χ3n) is 4.23. The molecule has 0 spiro atoms. The SMILES string of the molecule is Cl.O=C(C1COCCN1)N1CCN(c2ccccc2[N+](=O)[O-])CC1. The van der Waals surface area contributed by atoms with Crippen LogP contribution in [0.3, 0.4) is 0 Å². The Bertz CT molecular complexity index is 587. The number of hydrogen-bond donors (Lipinski definition) is 1. The monoisotopic (exact) mass is 356 g/mol. The molecule has 24 heavy (non-hydrogen) atoms. The van der Waals surface area contributed by atoms with Crippen molar-refractivity contribution in [3.8, 4) is 0 Å². The van der Waals surface area contributed by atoms with Crippen LogP contribution in [-0.2, 0) is 9.53 Å². The molecule has 2 saturated heterocycles. The first-order valence-corrected chi connectivity index (χ1v) is 7.75. The van der Waals surface area contributed by atoms with E-state index in [2.05, 4.69) is 5.32 Å². The maximum absolute atomic E-state index is 12.4. The highest BCUT2D eigenvalue weighted by Gasteiger charge is 2.30. The van der Waals surface area contributed by atoms with Gasteiger partial charge in [0.05, 0.1) is 18.1 Å². The minimum Gasteiger partial charge on any atom is -0.378 e. The second-order valence-electron chi connectivity index (χ2n) is 5.64. The lowest BCUT2D eigenvalue weighted by Gasteiger charge is -2.38. The summed E-state index contributed by atoms with van der Waals surface area (Å²) in [7, 11) is 0. The van der Waals surface area contributed by atoms with E-state index in [1.54, 1.807) is 23.1 Å². The van der Waals surface area contributed by atoms with Gasteiger partial charge in [-0.3, -0.25) is 14.9 Å². The molecule has 0 bridgehead atoms. The molecule has 0 saturated carbocycles. The van der Waals surface area contributed by atoms with E-state index in [1.165, 1.54) is 6.07 Å². The zero-order valence-electron chi connectivity index (χ0n) is 13.2. The van der Waals surface area contributed by atoms with Gasteiger partial charge in [0.1, 0.15) is 11.7 Å². The van der Waals surface area contributed by atoms with Crippen LogP contribution < -0.4 is 10.2 Å². The number of nitrogens with zero attached hydrogens (tertiary/aromatic N) is 3. The fraction of sp³-hybridized carbons (Fsp3) is 0.533. The Morgan fingerprint density at radius 3 is 2.58 bits per heavy atom. The molecule has 0 radical (unpaired) electrons. The molecule has 8 nitrogen and oxygen atoms in total. The van der Waals surface area contributed by atoms with Crippen molar-refractivity contribution in [2.24, 2.45) is 0 Å². The Morgan fingerprint density at radius 1 is 1.25 bits per heavy atom. The number of para-hydroxylation sites is 2. The van der Waals surface area contributed by atoms with Crippen molar-refractivity contribution in [3.63, 3.8) is 0 Å². The topological polar surface area (TPSA) is 88.0 Å². The van der Waals surface area contributed by atoms with Crippen LogP contribution in [0.4, 0.5) is 11.4 Å². The minimum atomic E-state index is -0.365. The Balaban J connectivity index is 0.00000208. The van der Waals surface area contributed by atoms with Crippen LogP contribution in [0.25, 0.3) is 0 Å². The number of amides is 1. The van der Waals surface area contributed by atoms with Gasteiger partial charge in [-0.25, -0.2) is 0 Å². The van der Waals surface area contributed by atoms with Gasteiger partial charge >= 0.3 is 0 Å². The van der Waals surface area contributed by atoms with Crippen molar-refractivity contribution >= 4 is 29.7 Å². The molecule has 3 rings (SSSR count). The Morgan fingerprint density at radius 2 is 1.96 bits per heavy atom. The number of hydrogen-bond acceptors (Lipinski definition) is 6. The summed E-state index contributed by atoms with van der Waals surface area (Å²) >= 11 is 0. The van der Waals surface area contributed by atoms with Crippen LogP contribution in [0.2, 0.25) is 0 Å². The highest BCUT2D eigenvalue weighted by Crippen LogP contribution is 2.28. The first-order valence-electron chi connectivity index (χ1n) is 7.75. The van der Waals surface area contributed by atoms with Gasteiger partial charge in [0.25, 0.3) is 5.69 Å². The molecule has 2 aliphatic rings. The summed E-state index contributed by atoms with van der Waals surface area (Å²) in [6, 6.07) is 6.45. The number of halogens is 1. The molecular weight excluding hydrogens is 336 g/mol. The summed E-state index contributed by atoms with van der Waals surface area (Å²) in [4.78, 5) is 27.0. The molecule has 0 aromatic heterocycles. The van der Waals surface area contributed by atoms with E-state index in [1.807, 2.05) is 4.90 Å². The van der Waals surface area contributed by atoms with E-state index < -0.39 is 0 Å². The minimum absolute atomic E-state index is 0. The average Bonchev–Trinajstić information content (AvgIpc) is 2.62. The normalized spacial score (nSPS) is 21.1. The number of carbonyl (C=O) groups is 1. The Labute approximate surface area is 146 Å². The molecule has 0 aliphatic carbocycles. The molecule has 1 unspecified atom stereocenters. The van der Waals surface area contributed by atoms with Crippen molar-refractivity contribution in [1.29, 1.82) is 0 Å². The molecule has 132 valence electrons. The zero-order valence-corrected chi connectivity index (χ0v) is 14.0. The number of nitro groups is 1. The van der Waals surface area contributed by atoms with Crippen LogP contribution in [0.15, 0.2) is 24.3 Å². The summed E-state index contributed by atoms with van der Waals surface area (Å²) in [5.41, 5.74) is 0.721. The van der Waals surface area contributed by atoms with Gasteiger partial charge < -0.3 is 19.9 Å². The summed E-state index contributed by atoms with van der Waals surface area (Å²) < 4.78 is 5.33. The molecule has 2 heterocycles. The van der Waals surface area contributed by atoms with Crippen LogP contribution in [-0.4, -0.2) is 67.7 Å². The zero-order chi connectivity index (χ0) is 16.2. The number of morpholine rings is 1. The molecular formula is C15H21ClN4O4. The van der Waals surface area contributed by atoms with E-state index in [0.29, 0.717) is 51.6 Å². The van der Waals surface area contributed by atoms with Crippen molar-refractivity contribution in [3.05, 3.63) is 34.4 Å². The van der Waals surface area contributed by atoms with Crippen LogP contribution in [0.1, 0.15) is 0 Å². The number of rotatable bonds is 3. The van der Waals surface area contributed by atoms with Gasteiger partial charge in [-0.1, -0.05) is 12.1 Å². The summed E-state index contributed by atoms with van der Waals surface area (Å²) in [5, 5.41) is 14.3. The van der Waals surface area contributed by atoms with Gasteiger partial charge in [-0.2, -0.15) is 0 Å². The summed E-state index contributed by atoms with van der Waals surface area (Å²) in [5.74, 6) is 0.0481. The summed E-state index contributed by atoms with van der Waals surface area (Å²) in [6.07, 6.45) is 0. The van der Waals surface area contributed by atoms with Crippen molar-refractivity contribution in [1.82, 2.24) is 10.2 Å². The predicted molar refractivity (Wildman–Crippen MR) is 91.7 cm³/mol.